The van der Waals surface area contributed by atoms with Crippen molar-refractivity contribution in [1.29, 1.82) is 0 Å². The average molecular weight is 414 g/mol. The largest absolute Gasteiger partial charge is 0.494 e. The van der Waals surface area contributed by atoms with Crippen molar-refractivity contribution in [3.63, 3.8) is 0 Å². The molecule has 0 aliphatic carbocycles. The monoisotopic (exact) mass is 413 g/mol. The summed E-state index contributed by atoms with van der Waals surface area (Å²) >= 11 is 5.97. The van der Waals surface area contributed by atoms with Gasteiger partial charge in [0.15, 0.2) is 0 Å². The molecule has 1 atom stereocenters. The zero-order chi connectivity index (χ0) is 20.4. The number of hydrogen-bond donors (Lipinski definition) is 0. The van der Waals surface area contributed by atoms with Crippen LogP contribution in [0.1, 0.15) is 13.3 Å². The zero-order valence-electron chi connectivity index (χ0n) is 16.4. The summed E-state index contributed by atoms with van der Waals surface area (Å²) in [6, 6.07) is 14.5. The molecule has 7 heteroatoms. The van der Waals surface area contributed by atoms with Crippen molar-refractivity contribution < 1.29 is 14.3 Å². The van der Waals surface area contributed by atoms with Gasteiger partial charge in [-0.3, -0.25) is 14.5 Å². The van der Waals surface area contributed by atoms with Crippen molar-refractivity contribution in [2.24, 2.45) is 0 Å². The minimum Gasteiger partial charge on any atom is -0.494 e. The van der Waals surface area contributed by atoms with Crippen LogP contribution in [-0.4, -0.2) is 55.5 Å². The first kappa shape index (κ1) is 19.7. The number of ether oxygens (including phenoxy) is 1. The van der Waals surface area contributed by atoms with Gasteiger partial charge in [-0.2, -0.15) is 0 Å². The number of rotatable bonds is 5. The summed E-state index contributed by atoms with van der Waals surface area (Å²) in [5, 5.41) is 0.718. The molecule has 2 aliphatic rings. The molecule has 2 aromatic carbocycles. The standard InChI is InChI=1S/C22H24ClN3O3/c1-2-29-19-5-3-4-18(14-19)26-21(27)15-20(22(26)28)25-12-10-24(11-13-25)17-8-6-16(23)7-9-17/h3-9,14,20H,2,10-13,15H2,1H3/t20-/m0/s1. The number of hydrogen-bond acceptors (Lipinski definition) is 5. The van der Waals surface area contributed by atoms with Crippen LogP contribution in [0.15, 0.2) is 48.5 Å². The second-order valence-electron chi connectivity index (χ2n) is 7.22. The van der Waals surface area contributed by atoms with Crippen LogP contribution in [0.5, 0.6) is 5.75 Å². The van der Waals surface area contributed by atoms with Gasteiger partial charge in [-0.25, -0.2) is 4.90 Å². The number of imide groups is 1. The fourth-order valence-electron chi connectivity index (χ4n) is 4.00. The molecule has 0 spiro atoms. The zero-order valence-corrected chi connectivity index (χ0v) is 17.1. The first-order chi connectivity index (χ1) is 14.1. The highest BCUT2D eigenvalue weighted by molar-refractivity contribution is 6.30. The minimum atomic E-state index is -0.398. The fraction of sp³-hybridized carbons (Fsp3) is 0.364. The van der Waals surface area contributed by atoms with Crippen molar-refractivity contribution in [3.8, 4) is 5.75 Å². The summed E-state index contributed by atoms with van der Waals surface area (Å²) in [5.41, 5.74) is 1.70. The van der Waals surface area contributed by atoms with Gasteiger partial charge in [0.05, 0.1) is 24.8 Å². The molecular formula is C22H24ClN3O3. The molecule has 2 aromatic rings. The molecule has 4 rings (SSSR count). The van der Waals surface area contributed by atoms with E-state index in [0.29, 0.717) is 18.0 Å². The van der Waals surface area contributed by atoms with Crippen molar-refractivity contribution in [1.82, 2.24) is 4.90 Å². The Labute approximate surface area is 175 Å². The quantitative estimate of drug-likeness (QED) is 0.704. The van der Waals surface area contributed by atoms with E-state index in [1.54, 1.807) is 18.2 Å². The number of carbonyl (C=O) groups excluding carboxylic acids is 2. The van der Waals surface area contributed by atoms with Crippen molar-refractivity contribution in [2.75, 3.05) is 42.6 Å². The normalized spacial score (nSPS) is 20.4. The predicted molar refractivity (Wildman–Crippen MR) is 114 cm³/mol. The van der Waals surface area contributed by atoms with Gasteiger partial charge in [0, 0.05) is 43.0 Å². The number of carbonyl (C=O) groups is 2. The molecule has 6 nitrogen and oxygen atoms in total. The molecule has 0 aromatic heterocycles. The molecule has 29 heavy (non-hydrogen) atoms. The number of benzene rings is 2. The lowest BCUT2D eigenvalue weighted by molar-refractivity contribution is -0.123. The third-order valence-corrected chi connectivity index (χ3v) is 5.71. The first-order valence-electron chi connectivity index (χ1n) is 9.91. The number of piperazine rings is 1. The van der Waals surface area contributed by atoms with Gasteiger partial charge in [-0.1, -0.05) is 17.7 Å². The molecule has 0 unspecified atom stereocenters. The third kappa shape index (κ3) is 4.09. The number of amides is 2. The molecule has 0 saturated carbocycles. The van der Waals surface area contributed by atoms with Crippen molar-refractivity contribution in [2.45, 2.75) is 19.4 Å². The van der Waals surface area contributed by atoms with Gasteiger partial charge in [0.2, 0.25) is 5.91 Å². The van der Waals surface area contributed by atoms with Crippen LogP contribution in [0, 0.1) is 0 Å². The molecule has 0 bridgehead atoms. The smallest absolute Gasteiger partial charge is 0.251 e. The molecule has 2 aliphatic heterocycles. The van der Waals surface area contributed by atoms with Gasteiger partial charge < -0.3 is 9.64 Å². The molecular weight excluding hydrogens is 390 g/mol. The number of halogens is 1. The van der Waals surface area contributed by atoms with E-state index in [1.807, 2.05) is 37.3 Å². The van der Waals surface area contributed by atoms with Crippen molar-refractivity contribution in [3.05, 3.63) is 53.6 Å². The van der Waals surface area contributed by atoms with Gasteiger partial charge in [-0.15, -0.1) is 0 Å². The predicted octanol–water partition coefficient (Wildman–Crippen LogP) is 3.19. The first-order valence-corrected chi connectivity index (χ1v) is 10.3. The van der Waals surface area contributed by atoms with E-state index in [-0.39, 0.29) is 18.2 Å². The second kappa shape index (κ2) is 8.43. The Morgan fingerprint density at radius 3 is 2.41 bits per heavy atom. The van der Waals surface area contributed by atoms with E-state index >= 15 is 0 Å². The van der Waals surface area contributed by atoms with Crippen LogP contribution in [0.25, 0.3) is 0 Å². The summed E-state index contributed by atoms with van der Waals surface area (Å²) in [6.07, 6.45) is 0.221. The topological polar surface area (TPSA) is 53.1 Å². The van der Waals surface area contributed by atoms with Gasteiger partial charge in [0.1, 0.15) is 5.75 Å². The number of nitrogens with zero attached hydrogens (tertiary/aromatic N) is 3. The Bertz CT molecular complexity index is 894. The highest BCUT2D eigenvalue weighted by Crippen LogP contribution is 2.29. The third-order valence-electron chi connectivity index (χ3n) is 5.46. The Morgan fingerprint density at radius 2 is 1.72 bits per heavy atom. The Kier molecular flexibility index (Phi) is 5.74. The van der Waals surface area contributed by atoms with E-state index < -0.39 is 6.04 Å². The SMILES string of the molecule is CCOc1cccc(N2C(=O)C[C@H](N3CCN(c4ccc(Cl)cc4)CC3)C2=O)c1. The van der Waals surface area contributed by atoms with Crippen LogP contribution in [-0.2, 0) is 9.59 Å². The van der Waals surface area contributed by atoms with E-state index in [4.69, 9.17) is 16.3 Å². The summed E-state index contributed by atoms with van der Waals surface area (Å²) in [7, 11) is 0. The van der Waals surface area contributed by atoms with E-state index in [1.165, 1.54) is 4.90 Å². The second-order valence-corrected chi connectivity index (χ2v) is 7.65. The maximum Gasteiger partial charge on any atom is 0.251 e. The average Bonchev–Trinajstić information content (AvgIpc) is 3.03. The molecule has 2 heterocycles. The summed E-state index contributed by atoms with van der Waals surface area (Å²) in [4.78, 5) is 31.4. The lowest BCUT2D eigenvalue weighted by Gasteiger charge is -2.38. The fourth-order valence-corrected chi connectivity index (χ4v) is 4.12. The lowest BCUT2D eigenvalue weighted by Crippen LogP contribution is -2.52. The highest BCUT2D eigenvalue weighted by Gasteiger charge is 2.43. The molecule has 152 valence electrons. The van der Waals surface area contributed by atoms with Crippen LogP contribution >= 0.6 is 11.6 Å². The Morgan fingerprint density at radius 1 is 1.00 bits per heavy atom. The molecule has 0 N–H and O–H groups in total. The Hall–Kier alpha value is -2.57. The van der Waals surface area contributed by atoms with E-state index in [0.717, 1.165) is 36.9 Å². The summed E-state index contributed by atoms with van der Waals surface area (Å²) < 4.78 is 5.51. The van der Waals surface area contributed by atoms with Gasteiger partial charge in [0.25, 0.3) is 5.91 Å². The molecule has 2 amide bonds. The van der Waals surface area contributed by atoms with Crippen molar-refractivity contribution >= 4 is 34.8 Å². The van der Waals surface area contributed by atoms with Gasteiger partial charge >= 0.3 is 0 Å². The molecule has 0 radical (unpaired) electrons. The van der Waals surface area contributed by atoms with Crippen LogP contribution in [0.2, 0.25) is 5.02 Å². The number of anilines is 2. The molecule has 2 fully saturated rings. The Balaban J connectivity index is 1.43. The highest BCUT2D eigenvalue weighted by atomic mass is 35.5. The summed E-state index contributed by atoms with van der Waals surface area (Å²) in [6.45, 7) is 5.52. The summed E-state index contributed by atoms with van der Waals surface area (Å²) in [5.74, 6) is 0.350. The van der Waals surface area contributed by atoms with Crippen LogP contribution < -0.4 is 14.5 Å². The van der Waals surface area contributed by atoms with E-state index in [2.05, 4.69) is 9.80 Å². The maximum atomic E-state index is 13.1. The van der Waals surface area contributed by atoms with Crippen LogP contribution in [0.3, 0.4) is 0 Å². The van der Waals surface area contributed by atoms with Crippen LogP contribution in [0.4, 0.5) is 11.4 Å². The maximum absolute atomic E-state index is 13.1. The lowest BCUT2D eigenvalue weighted by atomic mass is 10.1. The molecule has 2 saturated heterocycles. The van der Waals surface area contributed by atoms with Gasteiger partial charge in [-0.05, 0) is 43.3 Å². The minimum absolute atomic E-state index is 0.149. The van der Waals surface area contributed by atoms with E-state index in [9.17, 15) is 9.59 Å².